The minimum absolute atomic E-state index is 0.0469. The molecule has 9 aromatic heterocycles. The number of aromatic nitrogens is 2. The first kappa shape index (κ1) is 35.0. The van der Waals surface area contributed by atoms with Crippen LogP contribution in [0.3, 0.4) is 0 Å². The summed E-state index contributed by atoms with van der Waals surface area (Å²) in [7, 11) is 0. The molecule has 9 heteroatoms. The van der Waals surface area contributed by atoms with Crippen molar-refractivity contribution in [1.29, 1.82) is 0 Å². The molecule has 1 aromatic carbocycles. The van der Waals surface area contributed by atoms with E-state index in [-0.39, 0.29) is 11.1 Å². The van der Waals surface area contributed by atoms with Crippen molar-refractivity contribution in [2.24, 2.45) is 0 Å². The van der Waals surface area contributed by atoms with Gasteiger partial charge in [-0.2, -0.15) is 0 Å². The van der Waals surface area contributed by atoms with E-state index in [1.165, 1.54) is 64.2 Å². The van der Waals surface area contributed by atoms with E-state index in [0.717, 1.165) is 110 Å². The molecule has 0 radical (unpaired) electrons. The summed E-state index contributed by atoms with van der Waals surface area (Å²) in [5, 5.41) is 3.12. The number of rotatable bonds is 16. The van der Waals surface area contributed by atoms with E-state index in [2.05, 4.69) is 62.4 Å². The first-order valence-corrected chi connectivity index (χ1v) is 22.7. The number of aryl methyl sites for hydroxylation is 2. The van der Waals surface area contributed by atoms with Crippen LogP contribution in [0.15, 0.2) is 79.1 Å². The number of hydrogen-bond donors (Lipinski definition) is 0. The van der Waals surface area contributed by atoms with Gasteiger partial charge in [-0.25, -0.2) is 0 Å². The van der Waals surface area contributed by atoms with Crippen LogP contribution in [-0.4, -0.2) is 8.80 Å². The van der Waals surface area contributed by atoms with Gasteiger partial charge in [-0.05, 0) is 73.5 Å². The molecule has 0 bridgehead atoms. The van der Waals surface area contributed by atoms with Gasteiger partial charge in [-0.3, -0.25) is 18.4 Å². The molecule has 0 aliphatic rings. The number of nitrogens with zero attached hydrogens (tertiary/aromatic N) is 2. The largest absolute Gasteiger partial charge is 0.460 e. The van der Waals surface area contributed by atoms with E-state index in [4.69, 9.17) is 8.83 Å². The van der Waals surface area contributed by atoms with E-state index >= 15 is 0 Å². The Balaban J connectivity index is 0.996. The number of benzene rings is 1. The molecule has 0 unspecified atom stereocenters. The summed E-state index contributed by atoms with van der Waals surface area (Å²) in [5.74, 6) is 3.77. The maximum atomic E-state index is 14.3. The number of hydrogen-bond acceptors (Lipinski definition) is 7. The molecule has 0 spiro atoms. The van der Waals surface area contributed by atoms with E-state index in [0.29, 0.717) is 10.8 Å². The Hall–Kier alpha value is -4.44. The highest BCUT2D eigenvalue weighted by Gasteiger charge is 2.25. The van der Waals surface area contributed by atoms with Gasteiger partial charge in [0, 0.05) is 34.4 Å². The molecular weight excluding hydrogens is 741 g/mol. The summed E-state index contributed by atoms with van der Waals surface area (Å²) in [6.45, 7) is 4.50. The second kappa shape index (κ2) is 14.3. The first-order valence-electron chi connectivity index (χ1n) is 20.2. The van der Waals surface area contributed by atoms with Gasteiger partial charge in [-0.15, -0.1) is 34.0 Å². The lowest BCUT2D eigenvalue weighted by atomic mass is 10.0. The third-order valence-corrected chi connectivity index (χ3v) is 14.9. The highest BCUT2D eigenvalue weighted by atomic mass is 32.1. The van der Waals surface area contributed by atoms with Crippen molar-refractivity contribution in [1.82, 2.24) is 8.80 Å². The minimum Gasteiger partial charge on any atom is -0.460 e. The van der Waals surface area contributed by atoms with Gasteiger partial charge in [0.2, 0.25) is 0 Å². The number of furan rings is 2. The molecule has 0 saturated heterocycles. The maximum absolute atomic E-state index is 14.3. The summed E-state index contributed by atoms with van der Waals surface area (Å²) in [6.07, 6.45) is 17.0. The van der Waals surface area contributed by atoms with Crippen molar-refractivity contribution in [3.8, 4) is 21.3 Å². The zero-order chi connectivity index (χ0) is 37.2. The number of thiophene rings is 3. The van der Waals surface area contributed by atoms with Crippen LogP contribution in [0, 0.1) is 0 Å². The molecule has 10 rings (SSSR count). The molecule has 6 nitrogen and oxygen atoms in total. The second-order valence-electron chi connectivity index (χ2n) is 15.3. The Labute approximate surface area is 330 Å². The molecule has 0 fully saturated rings. The van der Waals surface area contributed by atoms with E-state index in [1.54, 1.807) is 34.0 Å². The molecule has 0 aliphatic heterocycles. The predicted molar refractivity (Wildman–Crippen MR) is 234 cm³/mol. The fourth-order valence-electron chi connectivity index (χ4n) is 8.68. The molecular formula is C46H44N2O4S3. The zero-order valence-electron chi connectivity index (χ0n) is 31.4. The van der Waals surface area contributed by atoms with Crippen LogP contribution < -0.4 is 11.1 Å². The van der Waals surface area contributed by atoms with Crippen molar-refractivity contribution in [2.75, 3.05) is 0 Å². The summed E-state index contributed by atoms with van der Waals surface area (Å²) in [6, 6.07) is 20.6. The van der Waals surface area contributed by atoms with E-state index in [1.807, 2.05) is 20.9 Å². The monoisotopic (exact) mass is 784 g/mol. The summed E-state index contributed by atoms with van der Waals surface area (Å²) in [4.78, 5) is 30.7. The van der Waals surface area contributed by atoms with Crippen molar-refractivity contribution in [3.63, 3.8) is 0 Å². The van der Waals surface area contributed by atoms with Crippen molar-refractivity contribution in [3.05, 3.63) is 92.9 Å². The first-order chi connectivity index (χ1) is 27.0. The van der Waals surface area contributed by atoms with Crippen LogP contribution in [0.5, 0.6) is 0 Å². The average Bonchev–Trinajstić information content (AvgIpc) is 4.03. The molecule has 0 N–H and O–H groups in total. The van der Waals surface area contributed by atoms with Gasteiger partial charge < -0.3 is 8.83 Å². The highest BCUT2D eigenvalue weighted by Crippen LogP contribution is 2.46. The Morgan fingerprint density at radius 1 is 0.491 bits per heavy atom. The van der Waals surface area contributed by atoms with Gasteiger partial charge in [0.25, 0.3) is 11.1 Å². The minimum atomic E-state index is -0.0469. The van der Waals surface area contributed by atoms with Crippen LogP contribution in [0.1, 0.15) is 102 Å². The van der Waals surface area contributed by atoms with Crippen molar-refractivity contribution < 1.29 is 8.83 Å². The normalized spacial score (nSPS) is 12.6. The molecule has 280 valence electrons. The standard InChI is InChI=1S/C46H44N2O4S3/c1-3-5-7-9-11-13-15-27-17-21-35(51-27)39-23-31-37(53-39)25-33-43-41-29(45(49)47(31)33)19-20-30-42(41)44(55-43)34-26-38-32(48(34)46(30)50)24-40(54-38)36-22-18-28(52-36)16-14-12-10-8-6-4-2/h17-26H,3-16H2,1-2H3. The molecule has 55 heavy (non-hydrogen) atoms. The number of unbranched alkanes of at least 4 members (excludes halogenated alkanes) is 10. The fourth-order valence-corrected chi connectivity index (χ4v) is 12.1. The van der Waals surface area contributed by atoms with Crippen LogP contribution in [0.4, 0.5) is 0 Å². The molecule has 9 heterocycles. The zero-order valence-corrected chi connectivity index (χ0v) is 33.9. The predicted octanol–water partition coefficient (Wildman–Crippen LogP) is 14.1. The van der Waals surface area contributed by atoms with Crippen molar-refractivity contribution >= 4 is 96.4 Å². The smallest absolute Gasteiger partial charge is 0.263 e. The van der Waals surface area contributed by atoms with Crippen LogP contribution in [0.25, 0.3) is 83.7 Å². The lowest BCUT2D eigenvalue weighted by Gasteiger charge is -2.05. The number of fused-ring (bicyclic) bond motifs is 8. The topological polar surface area (TPSA) is 69.2 Å². The lowest BCUT2D eigenvalue weighted by Crippen LogP contribution is -2.14. The third-order valence-electron chi connectivity index (χ3n) is 11.5. The van der Waals surface area contributed by atoms with Gasteiger partial charge in [-0.1, -0.05) is 78.1 Å². The van der Waals surface area contributed by atoms with E-state index < -0.39 is 0 Å². The third kappa shape index (κ3) is 5.84. The summed E-state index contributed by atoms with van der Waals surface area (Å²) >= 11 is 5.03. The molecule has 0 atom stereocenters. The molecule has 10 aromatic rings. The maximum Gasteiger partial charge on any atom is 0.263 e. The Morgan fingerprint density at radius 2 is 0.927 bits per heavy atom. The van der Waals surface area contributed by atoms with E-state index in [9.17, 15) is 9.59 Å². The quantitative estimate of drug-likeness (QED) is 0.0723. The summed E-state index contributed by atoms with van der Waals surface area (Å²) < 4.78 is 20.6. The SMILES string of the molecule is CCCCCCCCc1ccc(-c2cc3c(cc4c5sc6c7c(ccc(c(=O)n34)c57)c(=O)n3c4cc(-c5ccc(CCCCCCCC)o5)sc4cc63)s2)o1. The van der Waals surface area contributed by atoms with Gasteiger partial charge in [0.1, 0.15) is 23.0 Å². The number of pyridine rings is 2. The van der Waals surface area contributed by atoms with Crippen LogP contribution in [0.2, 0.25) is 0 Å². The van der Waals surface area contributed by atoms with Gasteiger partial charge >= 0.3 is 0 Å². The average molecular weight is 785 g/mol. The molecule has 0 saturated carbocycles. The van der Waals surface area contributed by atoms with Crippen LogP contribution >= 0.6 is 34.0 Å². The Bertz CT molecular complexity index is 2880. The van der Waals surface area contributed by atoms with Crippen molar-refractivity contribution in [2.45, 2.75) is 104 Å². The van der Waals surface area contributed by atoms with Gasteiger partial charge in [0.15, 0.2) is 0 Å². The lowest BCUT2D eigenvalue weighted by molar-refractivity contribution is 0.502. The van der Waals surface area contributed by atoms with Crippen LogP contribution in [-0.2, 0) is 12.8 Å². The van der Waals surface area contributed by atoms with Gasteiger partial charge in [0.05, 0.1) is 50.6 Å². The fraction of sp³-hybridized carbons (Fsp3) is 0.348. The summed E-state index contributed by atoms with van der Waals surface area (Å²) in [5.41, 5.74) is 3.52. The highest BCUT2D eigenvalue weighted by molar-refractivity contribution is 7.28. The Morgan fingerprint density at radius 3 is 1.38 bits per heavy atom. The Kier molecular flexibility index (Phi) is 9.07. The second-order valence-corrected chi connectivity index (χ2v) is 18.5. The molecule has 0 aliphatic carbocycles. The molecule has 0 amide bonds.